The molecule has 0 heterocycles. The molecule has 0 fully saturated rings. The van der Waals surface area contributed by atoms with Crippen LogP contribution in [-0.2, 0) is 9.53 Å². The lowest BCUT2D eigenvalue weighted by Gasteiger charge is -2.13. The molecule has 1 atom stereocenters. The van der Waals surface area contributed by atoms with E-state index < -0.39 is 42.5 Å². The van der Waals surface area contributed by atoms with Crippen LogP contribution in [0, 0.1) is 11.6 Å². The quantitative estimate of drug-likeness (QED) is 0.803. The SMILES string of the molecule is COc1cc(F)c(C(O)COCC(=O)O)c(F)c1. The molecule has 18 heavy (non-hydrogen) atoms. The molecule has 0 bridgehead atoms. The molecule has 0 aromatic heterocycles. The average Bonchev–Trinajstić information content (AvgIpc) is 2.27. The van der Waals surface area contributed by atoms with Crippen molar-refractivity contribution in [3.63, 3.8) is 0 Å². The number of hydrogen-bond acceptors (Lipinski definition) is 4. The Morgan fingerprint density at radius 2 is 1.94 bits per heavy atom. The molecule has 7 heteroatoms. The van der Waals surface area contributed by atoms with Crippen LogP contribution in [0.1, 0.15) is 11.7 Å². The summed E-state index contributed by atoms with van der Waals surface area (Å²) in [5, 5.41) is 17.8. The number of benzene rings is 1. The van der Waals surface area contributed by atoms with Gasteiger partial charge in [0.15, 0.2) is 0 Å². The lowest BCUT2D eigenvalue weighted by Crippen LogP contribution is -2.15. The zero-order valence-corrected chi connectivity index (χ0v) is 9.52. The lowest BCUT2D eigenvalue weighted by atomic mass is 10.1. The van der Waals surface area contributed by atoms with Crippen molar-refractivity contribution in [1.82, 2.24) is 0 Å². The molecule has 0 saturated carbocycles. The summed E-state index contributed by atoms with van der Waals surface area (Å²) in [4.78, 5) is 10.2. The van der Waals surface area contributed by atoms with Crippen LogP contribution in [0.2, 0.25) is 0 Å². The van der Waals surface area contributed by atoms with Crippen molar-refractivity contribution in [3.05, 3.63) is 29.3 Å². The van der Waals surface area contributed by atoms with Crippen molar-refractivity contribution in [1.29, 1.82) is 0 Å². The molecule has 0 aliphatic heterocycles. The fraction of sp³-hybridized carbons (Fsp3) is 0.364. The summed E-state index contributed by atoms with van der Waals surface area (Å²) in [5.41, 5.74) is -0.582. The highest BCUT2D eigenvalue weighted by molar-refractivity contribution is 5.67. The Kier molecular flexibility index (Phi) is 4.99. The molecule has 0 aliphatic carbocycles. The van der Waals surface area contributed by atoms with Gasteiger partial charge in [0.25, 0.3) is 0 Å². The molecule has 2 N–H and O–H groups in total. The van der Waals surface area contributed by atoms with E-state index in [1.807, 2.05) is 0 Å². The van der Waals surface area contributed by atoms with Gasteiger partial charge in [0, 0.05) is 12.1 Å². The number of halogens is 2. The number of hydrogen-bond donors (Lipinski definition) is 2. The molecule has 0 aliphatic rings. The van der Waals surface area contributed by atoms with E-state index >= 15 is 0 Å². The van der Waals surface area contributed by atoms with Crippen molar-refractivity contribution < 1.29 is 33.3 Å². The van der Waals surface area contributed by atoms with E-state index in [-0.39, 0.29) is 5.75 Å². The molecule has 0 spiro atoms. The maximum Gasteiger partial charge on any atom is 0.329 e. The molecule has 0 saturated heterocycles. The van der Waals surface area contributed by atoms with E-state index in [0.717, 1.165) is 12.1 Å². The normalized spacial score (nSPS) is 12.2. The maximum atomic E-state index is 13.5. The number of carboxylic acids is 1. The van der Waals surface area contributed by atoms with E-state index in [4.69, 9.17) is 5.11 Å². The van der Waals surface area contributed by atoms with Gasteiger partial charge in [0.1, 0.15) is 30.1 Å². The molecular weight excluding hydrogens is 250 g/mol. The van der Waals surface area contributed by atoms with Gasteiger partial charge < -0.3 is 19.7 Å². The summed E-state index contributed by atoms with van der Waals surface area (Å²) < 4.78 is 36.2. The summed E-state index contributed by atoms with van der Waals surface area (Å²) in [7, 11) is 1.25. The fourth-order valence-corrected chi connectivity index (χ4v) is 1.34. The highest BCUT2D eigenvalue weighted by Gasteiger charge is 2.20. The summed E-state index contributed by atoms with van der Waals surface area (Å²) >= 11 is 0. The largest absolute Gasteiger partial charge is 0.497 e. The molecule has 1 aromatic rings. The first-order valence-corrected chi connectivity index (χ1v) is 4.96. The number of rotatable bonds is 6. The second kappa shape index (κ2) is 6.27. The van der Waals surface area contributed by atoms with Gasteiger partial charge in [-0.2, -0.15) is 0 Å². The van der Waals surface area contributed by atoms with Crippen molar-refractivity contribution in [2.24, 2.45) is 0 Å². The molecule has 5 nitrogen and oxygen atoms in total. The molecule has 0 amide bonds. The smallest absolute Gasteiger partial charge is 0.329 e. The van der Waals surface area contributed by atoms with Crippen molar-refractivity contribution in [2.75, 3.05) is 20.3 Å². The minimum atomic E-state index is -1.59. The molecular formula is C11H12F2O5. The summed E-state index contributed by atoms with van der Waals surface area (Å²) in [6, 6.07) is 1.83. The highest BCUT2D eigenvalue weighted by Crippen LogP contribution is 2.25. The first-order chi connectivity index (χ1) is 8.45. The Morgan fingerprint density at radius 1 is 1.39 bits per heavy atom. The minimum Gasteiger partial charge on any atom is -0.497 e. The molecule has 0 radical (unpaired) electrons. The monoisotopic (exact) mass is 262 g/mol. The van der Waals surface area contributed by atoms with Gasteiger partial charge in [-0.15, -0.1) is 0 Å². The number of carboxylic acid groups (broad SMARTS) is 1. The molecule has 1 aromatic carbocycles. The van der Waals surface area contributed by atoms with Crippen LogP contribution >= 0.6 is 0 Å². The first-order valence-electron chi connectivity index (χ1n) is 4.96. The Bertz CT molecular complexity index is 412. The van der Waals surface area contributed by atoms with E-state index in [9.17, 15) is 18.7 Å². The Morgan fingerprint density at radius 3 is 2.39 bits per heavy atom. The van der Waals surface area contributed by atoms with E-state index in [1.54, 1.807) is 0 Å². The van der Waals surface area contributed by atoms with Gasteiger partial charge >= 0.3 is 5.97 Å². The van der Waals surface area contributed by atoms with Crippen LogP contribution in [0.25, 0.3) is 0 Å². The number of carbonyl (C=O) groups is 1. The number of aliphatic hydroxyl groups is 1. The van der Waals surface area contributed by atoms with Gasteiger partial charge in [-0.25, -0.2) is 13.6 Å². The van der Waals surface area contributed by atoms with Gasteiger partial charge in [-0.3, -0.25) is 0 Å². The zero-order chi connectivity index (χ0) is 13.7. The number of aliphatic hydroxyl groups excluding tert-OH is 1. The second-order valence-corrected chi connectivity index (χ2v) is 3.43. The van der Waals surface area contributed by atoms with Crippen LogP contribution < -0.4 is 4.74 Å². The topological polar surface area (TPSA) is 76.0 Å². The zero-order valence-electron chi connectivity index (χ0n) is 9.52. The third-order valence-corrected chi connectivity index (χ3v) is 2.12. The Labute approximate surface area is 102 Å². The van der Waals surface area contributed by atoms with Crippen molar-refractivity contribution in [3.8, 4) is 5.75 Å². The predicted octanol–water partition coefficient (Wildman–Crippen LogP) is 1.11. The maximum absolute atomic E-state index is 13.5. The third kappa shape index (κ3) is 3.64. The van der Waals surface area contributed by atoms with E-state index in [1.165, 1.54) is 7.11 Å². The summed E-state index contributed by atoms with van der Waals surface area (Å²) in [6.07, 6.45) is -1.59. The van der Waals surface area contributed by atoms with Crippen LogP contribution in [-0.4, -0.2) is 36.5 Å². The van der Waals surface area contributed by atoms with Crippen LogP contribution in [0.4, 0.5) is 8.78 Å². The number of aliphatic carboxylic acids is 1. The van der Waals surface area contributed by atoms with Crippen LogP contribution in [0.15, 0.2) is 12.1 Å². The van der Waals surface area contributed by atoms with Gasteiger partial charge in [-0.1, -0.05) is 0 Å². The number of ether oxygens (including phenoxy) is 2. The van der Waals surface area contributed by atoms with Crippen LogP contribution in [0.5, 0.6) is 5.75 Å². The van der Waals surface area contributed by atoms with E-state index in [2.05, 4.69) is 9.47 Å². The molecule has 1 rings (SSSR count). The fourth-order valence-electron chi connectivity index (χ4n) is 1.34. The van der Waals surface area contributed by atoms with Crippen LogP contribution in [0.3, 0.4) is 0 Å². The first kappa shape index (κ1) is 14.3. The van der Waals surface area contributed by atoms with Crippen molar-refractivity contribution >= 4 is 5.97 Å². The average molecular weight is 262 g/mol. The number of methoxy groups -OCH3 is 1. The lowest BCUT2D eigenvalue weighted by molar-refractivity contribution is -0.143. The standard InChI is InChI=1S/C11H12F2O5/c1-17-6-2-7(12)11(8(13)3-6)9(14)4-18-5-10(15)16/h2-3,9,14H,4-5H2,1H3,(H,15,16). The molecule has 1 unspecified atom stereocenters. The highest BCUT2D eigenvalue weighted by atomic mass is 19.1. The van der Waals surface area contributed by atoms with Crippen molar-refractivity contribution in [2.45, 2.75) is 6.10 Å². The second-order valence-electron chi connectivity index (χ2n) is 3.43. The van der Waals surface area contributed by atoms with Gasteiger partial charge in [0.05, 0.1) is 19.3 Å². The van der Waals surface area contributed by atoms with E-state index in [0.29, 0.717) is 0 Å². The summed E-state index contributed by atoms with van der Waals surface area (Å²) in [6.45, 7) is -1.18. The van der Waals surface area contributed by atoms with Gasteiger partial charge in [0.2, 0.25) is 0 Å². The Hall–Kier alpha value is -1.73. The predicted molar refractivity (Wildman–Crippen MR) is 56.3 cm³/mol. The minimum absolute atomic E-state index is 0.0209. The summed E-state index contributed by atoms with van der Waals surface area (Å²) in [5.74, 6) is -3.23. The van der Waals surface area contributed by atoms with Gasteiger partial charge in [-0.05, 0) is 0 Å². The third-order valence-electron chi connectivity index (χ3n) is 2.12. The molecule has 100 valence electrons. The Balaban J connectivity index is 2.79.